The minimum atomic E-state index is -0.119. The van der Waals surface area contributed by atoms with Crippen molar-refractivity contribution in [2.45, 2.75) is 19.1 Å². The Hall–Kier alpha value is -2.87. The number of aromatic amines is 1. The highest BCUT2D eigenvalue weighted by molar-refractivity contribution is 6.00. The first kappa shape index (κ1) is 15.6. The van der Waals surface area contributed by atoms with Crippen molar-refractivity contribution in [1.82, 2.24) is 29.7 Å². The minimum absolute atomic E-state index is 0.119. The van der Waals surface area contributed by atoms with Gasteiger partial charge in [0.05, 0.1) is 37.2 Å². The first-order valence-corrected chi connectivity index (χ1v) is 8.19. The zero-order chi connectivity index (χ0) is 17.4. The molecule has 8 heteroatoms. The van der Waals surface area contributed by atoms with Crippen molar-refractivity contribution in [2.75, 3.05) is 20.2 Å². The number of aromatic nitrogens is 4. The largest absolute Gasteiger partial charge is 0.378 e. The summed E-state index contributed by atoms with van der Waals surface area (Å²) in [4.78, 5) is 25.6. The van der Waals surface area contributed by atoms with Crippen LogP contribution in [0.15, 0.2) is 37.1 Å². The van der Waals surface area contributed by atoms with Gasteiger partial charge >= 0.3 is 6.03 Å². The smallest absolute Gasteiger partial charge is 0.321 e. The van der Waals surface area contributed by atoms with Gasteiger partial charge in [-0.15, -0.1) is 0 Å². The van der Waals surface area contributed by atoms with Crippen molar-refractivity contribution in [3.05, 3.63) is 37.1 Å². The predicted octanol–water partition coefficient (Wildman–Crippen LogP) is 1.86. The number of pyridine rings is 1. The Morgan fingerprint density at radius 1 is 1.48 bits per heavy atom. The van der Waals surface area contributed by atoms with E-state index in [4.69, 9.17) is 4.74 Å². The Bertz CT molecular complexity index is 937. The Balaban J connectivity index is 1.40. The maximum absolute atomic E-state index is 12.1. The normalized spacial score (nSPS) is 14.8. The fraction of sp³-hybridized carbons (Fsp3) is 0.353. The van der Waals surface area contributed by atoms with Gasteiger partial charge in [0, 0.05) is 37.4 Å². The summed E-state index contributed by atoms with van der Waals surface area (Å²) in [7, 11) is 1.66. The van der Waals surface area contributed by atoms with Crippen molar-refractivity contribution in [3.63, 3.8) is 0 Å². The Morgan fingerprint density at radius 2 is 2.32 bits per heavy atom. The molecule has 0 bridgehead atoms. The number of hydrogen-bond acceptors (Lipinski definition) is 4. The number of urea groups is 1. The number of amides is 2. The van der Waals surface area contributed by atoms with Gasteiger partial charge in [0.25, 0.3) is 0 Å². The number of carbonyl (C=O) groups is 1. The predicted molar refractivity (Wildman–Crippen MR) is 94.0 cm³/mol. The standard InChI is InChI=1S/C17H20N6O2/c1-11(21-17(24)23-8-12(9-23)25-2)4-6-22-10-20-14-7-19-16-13(15(14)22)3-5-18-16/h3,5,7,10,12H,1,4,6,8-9H2,2H3,(H,18,19)(H,21,24). The lowest BCUT2D eigenvalue weighted by molar-refractivity contribution is -0.00717. The molecule has 25 heavy (non-hydrogen) atoms. The highest BCUT2D eigenvalue weighted by atomic mass is 16.5. The molecule has 4 rings (SSSR count). The number of carbonyl (C=O) groups excluding carboxylic acids is 1. The van der Waals surface area contributed by atoms with E-state index in [0.717, 1.165) is 22.1 Å². The number of likely N-dealkylation sites (tertiary alicyclic amines) is 1. The van der Waals surface area contributed by atoms with Crippen LogP contribution in [0.2, 0.25) is 0 Å². The van der Waals surface area contributed by atoms with Crippen LogP contribution in [0.1, 0.15) is 6.42 Å². The molecule has 130 valence electrons. The molecule has 0 unspecified atom stereocenters. The number of fused-ring (bicyclic) bond motifs is 3. The molecular weight excluding hydrogens is 320 g/mol. The third-order valence-electron chi connectivity index (χ3n) is 4.57. The van der Waals surface area contributed by atoms with E-state index < -0.39 is 0 Å². The molecule has 1 saturated heterocycles. The second-order valence-corrected chi connectivity index (χ2v) is 6.22. The molecule has 4 heterocycles. The van der Waals surface area contributed by atoms with E-state index in [9.17, 15) is 4.79 Å². The molecule has 0 spiro atoms. The zero-order valence-electron chi connectivity index (χ0n) is 14.0. The number of hydrogen-bond donors (Lipinski definition) is 2. The van der Waals surface area contributed by atoms with Crippen molar-refractivity contribution < 1.29 is 9.53 Å². The average Bonchev–Trinajstić information content (AvgIpc) is 3.17. The van der Waals surface area contributed by atoms with Crippen LogP contribution in [0.25, 0.3) is 22.1 Å². The summed E-state index contributed by atoms with van der Waals surface area (Å²) in [5.74, 6) is 0. The quantitative estimate of drug-likeness (QED) is 0.742. The SMILES string of the molecule is C=C(CCn1cnc2cnc3[nH]ccc3c21)NC(=O)N1CC(OC)C1. The number of imidazole rings is 1. The van der Waals surface area contributed by atoms with Crippen molar-refractivity contribution in [3.8, 4) is 0 Å². The lowest BCUT2D eigenvalue weighted by Crippen LogP contribution is -2.57. The second-order valence-electron chi connectivity index (χ2n) is 6.22. The highest BCUT2D eigenvalue weighted by Crippen LogP contribution is 2.22. The monoisotopic (exact) mass is 340 g/mol. The van der Waals surface area contributed by atoms with Crippen molar-refractivity contribution in [1.29, 1.82) is 0 Å². The van der Waals surface area contributed by atoms with E-state index in [1.54, 1.807) is 24.5 Å². The maximum atomic E-state index is 12.1. The van der Waals surface area contributed by atoms with Gasteiger partial charge < -0.3 is 24.5 Å². The molecule has 1 aliphatic heterocycles. The lowest BCUT2D eigenvalue weighted by Gasteiger charge is -2.38. The fourth-order valence-corrected chi connectivity index (χ4v) is 3.04. The molecule has 0 radical (unpaired) electrons. The molecule has 8 nitrogen and oxygen atoms in total. The van der Waals surface area contributed by atoms with Gasteiger partial charge in [-0.05, 0) is 6.07 Å². The summed E-state index contributed by atoms with van der Waals surface area (Å²) in [6, 6.07) is 1.88. The molecule has 1 fully saturated rings. The van der Waals surface area contributed by atoms with Crippen LogP contribution in [0.3, 0.4) is 0 Å². The number of nitrogens with one attached hydrogen (secondary N) is 2. The Kier molecular flexibility index (Phi) is 3.89. The molecule has 2 N–H and O–H groups in total. The van der Waals surface area contributed by atoms with Gasteiger partial charge in [-0.3, -0.25) is 0 Å². The van der Waals surface area contributed by atoms with Crippen LogP contribution in [0.5, 0.6) is 0 Å². The number of methoxy groups -OCH3 is 1. The molecule has 0 aromatic carbocycles. The molecule has 0 saturated carbocycles. The molecule has 1 aliphatic rings. The zero-order valence-corrected chi connectivity index (χ0v) is 14.0. The minimum Gasteiger partial charge on any atom is -0.378 e. The van der Waals surface area contributed by atoms with Gasteiger partial charge in [0.2, 0.25) is 0 Å². The van der Waals surface area contributed by atoms with Crippen molar-refractivity contribution in [2.24, 2.45) is 0 Å². The number of ether oxygens (including phenoxy) is 1. The van der Waals surface area contributed by atoms with E-state index in [-0.39, 0.29) is 12.1 Å². The van der Waals surface area contributed by atoms with Crippen LogP contribution in [0.4, 0.5) is 4.79 Å². The van der Waals surface area contributed by atoms with Crippen LogP contribution >= 0.6 is 0 Å². The van der Waals surface area contributed by atoms with Crippen LogP contribution in [0, 0.1) is 0 Å². The number of rotatable bonds is 5. The number of nitrogens with zero attached hydrogens (tertiary/aromatic N) is 4. The number of allylic oxidation sites excluding steroid dienone is 1. The lowest BCUT2D eigenvalue weighted by atomic mass is 10.2. The fourth-order valence-electron chi connectivity index (χ4n) is 3.04. The molecule has 0 atom stereocenters. The first-order valence-electron chi connectivity index (χ1n) is 8.19. The summed E-state index contributed by atoms with van der Waals surface area (Å²) in [5, 5.41) is 3.89. The van der Waals surface area contributed by atoms with Gasteiger partial charge in [0.1, 0.15) is 11.2 Å². The Labute approximate surface area is 144 Å². The molecular formula is C17H20N6O2. The Morgan fingerprint density at radius 3 is 3.12 bits per heavy atom. The summed E-state index contributed by atoms with van der Waals surface area (Å²) < 4.78 is 7.24. The van der Waals surface area contributed by atoms with Gasteiger partial charge in [-0.1, -0.05) is 6.58 Å². The average molecular weight is 340 g/mol. The summed E-state index contributed by atoms with van der Waals surface area (Å²) in [5.41, 5.74) is 3.42. The van der Waals surface area contributed by atoms with Crippen LogP contribution in [-0.2, 0) is 11.3 Å². The third-order valence-corrected chi connectivity index (χ3v) is 4.57. The summed E-state index contributed by atoms with van der Waals surface area (Å²) in [6.45, 7) is 5.90. The van der Waals surface area contributed by atoms with Crippen molar-refractivity contribution >= 4 is 28.1 Å². The van der Waals surface area contributed by atoms with E-state index in [1.165, 1.54) is 0 Å². The molecule has 3 aromatic heterocycles. The van der Waals surface area contributed by atoms with Gasteiger partial charge in [-0.25, -0.2) is 14.8 Å². The number of aryl methyl sites for hydroxylation is 1. The molecule has 3 aromatic rings. The van der Waals surface area contributed by atoms with Crippen LogP contribution in [-0.4, -0.2) is 56.8 Å². The maximum Gasteiger partial charge on any atom is 0.321 e. The van der Waals surface area contributed by atoms with E-state index in [0.29, 0.717) is 31.8 Å². The van der Waals surface area contributed by atoms with Gasteiger partial charge in [0.15, 0.2) is 0 Å². The molecule has 0 aliphatic carbocycles. The number of H-pyrrole nitrogens is 1. The molecule has 2 amide bonds. The first-order chi connectivity index (χ1) is 12.2. The summed E-state index contributed by atoms with van der Waals surface area (Å²) >= 11 is 0. The third kappa shape index (κ3) is 2.85. The van der Waals surface area contributed by atoms with E-state index in [1.807, 2.05) is 12.3 Å². The second kappa shape index (κ2) is 6.21. The highest BCUT2D eigenvalue weighted by Gasteiger charge is 2.30. The topological polar surface area (TPSA) is 88.1 Å². The van der Waals surface area contributed by atoms with E-state index >= 15 is 0 Å². The van der Waals surface area contributed by atoms with Crippen LogP contribution < -0.4 is 5.32 Å². The van der Waals surface area contributed by atoms with E-state index in [2.05, 4.69) is 31.4 Å². The summed E-state index contributed by atoms with van der Waals surface area (Å²) in [6.07, 6.45) is 6.21. The van der Waals surface area contributed by atoms with Gasteiger partial charge in [-0.2, -0.15) is 0 Å².